The molecule has 0 bridgehead atoms. The maximum Gasteiger partial charge on any atom is 2.00 e. The van der Waals surface area contributed by atoms with E-state index in [-0.39, 0.29) is 46.1 Å². The topological polar surface area (TPSA) is 100 Å². The first kappa shape index (κ1) is 17.5. The Morgan fingerprint density at radius 3 is 1.73 bits per heavy atom. The van der Waals surface area contributed by atoms with E-state index in [2.05, 4.69) is 0 Å². The van der Waals surface area contributed by atoms with Gasteiger partial charge in [-0.25, -0.2) is 0 Å². The summed E-state index contributed by atoms with van der Waals surface area (Å²) in [6.07, 6.45) is -2.89. The van der Waals surface area contributed by atoms with Crippen LogP contribution >= 0.6 is 0 Å². The van der Waals surface area contributed by atoms with Crippen LogP contribution in [0, 0.1) is 0 Å². The average Bonchev–Trinajstić information content (AvgIpc) is 1.63. The molecule has 0 aliphatic rings. The van der Waals surface area contributed by atoms with E-state index in [4.69, 9.17) is 5.11 Å². The number of carboxylic acid groups (broad SMARTS) is 2. The molecule has 1 N–H and O–H groups in total. The van der Waals surface area contributed by atoms with Crippen LogP contribution in [0.3, 0.4) is 0 Å². The second kappa shape index (κ2) is 8.53. The molecule has 0 aromatic rings. The summed E-state index contributed by atoms with van der Waals surface area (Å²) in [5.41, 5.74) is 0. The van der Waals surface area contributed by atoms with Gasteiger partial charge in [0.25, 0.3) is 0 Å². The van der Waals surface area contributed by atoms with Crippen LogP contribution in [0.1, 0.15) is 6.42 Å². The molecule has 0 aromatic heterocycles. The molecule has 0 aliphatic carbocycles. The Balaban J connectivity index is -0.000000320. The first-order valence-electron chi connectivity index (χ1n) is 2.13. The van der Waals surface area contributed by atoms with Crippen molar-refractivity contribution >= 4 is 58.0 Å². The Bertz CT molecular complexity index is 136. The average molecular weight is 181 g/mol. The van der Waals surface area contributed by atoms with Crippen molar-refractivity contribution in [3.05, 3.63) is 0 Å². The number of carboxylic acids is 2. The minimum absolute atomic E-state index is 0. The molecule has 0 rings (SSSR count). The molecule has 0 heterocycles. The van der Waals surface area contributed by atoms with Gasteiger partial charge in [-0.3, -0.25) is 0 Å². The SMILES string of the molecule is O=C([O-])CC(O)C(=O)[O-].[Mg+2].[Mg+2]. The third-order valence-electron chi connectivity index (χ3n) is 0.632. The molecule has 0 radical (unpaired) electrons. The molecule has 0 saturated carbocycles. The Morgan fingerprint density at radius 2 is 1.64 bits per heavy atom. The van der Waals surface area contributed by atoms with Gasteiger partial charge < -0.3 is 24.9 Å². The molecule has 0 saturated heterocycles. The fraction of sp³-hybridized carbons (Fsp3) is 0.500. The van der Waals surface area contributed by atoms with Gasteiger partial charge in [0, 0.05) is 12.4 Å². The third kappa shape index (κ3) is 10.4. The smallest absolute Gasteiger partial charge is 0.550 e. The summed E-state index contributed by atoms with van der Waals surface area (Å²) in [4.78, 5) is 19.1. The molecule has 1 unspecified atom stereocenters. The number of rotatable bonds is 3. The molecule has 0 spiro atoms. The van der Waals surface area contributed by atoms with Crippen LogP contribution in [0.2, 0.25) is 0 Å². The van der Waals surface area contributed by atoms with Crippen molar-refractivity contribution in [3.63, 3.8) is 0 Å². The minimum Gasteiger partial charge on any atom is -0.550 e. The maximum absolute atomic E-state index is 9.58. The maximum atomic E-state index is 9.58. The second-order valence-electron chi connectivity index (χ2n) is 1.41. The van der Waals surface area contributed by atoms with Crippen molar-refractivity contribution in [2.45, 2.75) is 12.5 Å². The van der Waals surface area contributed by atoms with Gasteiger partial charge in [0.1, 0.15) is 0 Å². The van der Waals surface area contributed by atoms with Crippen LogP contribution in [0.5, 0.6) is 0 Å². The van der Waals surface area contributed by atoms with Gasteiger partial charge in [0.05, 0.1) is 12.1 Å². The monoisotopic (exact) mass is 180 g/mol. The summed E-state index contributed by atoms with van der Waals surface area (Å²) in [5.74, 6) is -3.43. The minimum atomic E-state index is -1.96. The Hall–Kier alpha value is 0.432. The van der Waals surface area contributed by atoms with E-state index in [0.717, 1.165) is 0 Å². The Labute approximate surface area is 95.1 Å². The van der Waals surface area contributed by atoms with E-state index in [1.807, 2.05) is 0 Å². The van der Waals surface area contributed by atoms with Gasteiger partial charge >= 0.3 is 46.1 Å². The van der Waals surface area contributed by atoms with E-state index in [0.29, 0.717) is 0 Å². The fourth-order valence-corrected chi connectivity index (χ4v) is 0.241. The standard InChI is InChI=1S/C4H6O5.2Mg/c5-2(4(8)9)1-3(6)7;;/h2,5H,1H2,(H,6,7)(H,8,9);;/q;2*+2/p-2. The summed E-state index contributed by atoms with van der Waals surface area (Å²) < 4.78 is 0. The molecule has 7 heteroatoms. The molecular formula is C4H4Mg2O5+2. The second-order valence-corrected chi connectivity index (χ2v) is 1.41. The van der Waals surface area contributed by atoms with E-state index in [9.17, 15) is 19.8 Å². The Morgan fingerprint density at radius 1 is 1.27 bits per heavy atom. The van der Waals surface area contributed by atoms with E-state index in [1.54, 1.807) is 0 Å². The van der Waals surface area contributed by atoms with Gasteiger partial charge in [-0.15, -0.1) is 0 Å². The molecule has 5 nitrogen and oxygen atoms in total. The van der Waals surface area contributed by atoms with Gasteiger partial charge in [-0.2, -0.15) is 0 Å². The zero-order valence-electron chi connectivity index (χ0n) is 5.78. The number of carbonyl (C=O) groups is 2. The molecule has 0 fully saturated rings. The summed E-state index contributed by atoms with van der Waals surface area (Å²) >= 11 is 0. The zero-order chi connectivity index (χ0) is 7.44. The van der Waals surface area contributed by atoms with E-state index < -0.39 is 24.5 Å². The van der Waals surface area contributed by atoms with Crippen LogP contribution in [0.15, 0.2) is 0 Å². The number of aliphatic hydroxyl groups is 1. The van der Waals surface area contributed by atoms with Crippen LogP contribution in [-0.2, 0) is 9.59 Å². The quantitative estimate of drug-likeness (QED) is 0.441. The van der Waals surface area contributed by atoms with Crippen molar-refractivity contribution in [1.29, 1.82) is 0 Å². The first-order chi connectivity index (χ1) is 4.04. The summed E-state index contributed by atoms with van der Waals surface area (Å²) in [6.45, 7) is 0. The van der Waals surface area contributed by atoms with Crippen molar-refractivity contribution in [1.82, 2.24) is 0 Å². The third-order valence-corrected chi connectivity index (χ3v) is 0.632. The molecule has 0 amide bonds. The number of aliphatic hydroxyl groups excluding tert-OH is 1. The van der Waals surface area contributed by atoms with Crippen molar-refractivity contribution in [2.75, 3.05) is 0 Å². The van der Waals surface area contributed by atoms with Gasteiger partial charge in [0.2, 0.25) is 0 Å². The molecular weight excluding hydrogens is 177 g/mol. The van der Waals surface area contributed by atoms with Gasteiger partial charge in [-0.05, 0) is 0 Å². The first-order valence-corrected chi connectivity index (χ1v) is 2.13. The molecule has 11 heavy (non-hydrogen) atoms. The fourth-order valence-electron chi connectivity index (χ4n) is 0.241. The zero-order valence-corrected chi connectivity index (χ0v) is 8.61. The van der Waals surface area contributed by atoms with Crippen LogP contribution in [0.4, 0.5) is 0 Å². The molecule has 0 aliphatic heterocycles. The predicted molar refractivity (Wildman–Crippen MR) is 32.1 cm³/mol. The largest absolute Gasteiger partial charge is 2.00 e. The number of carbonyl (C=O) groups excluding carboxylic acids is 2. The summed E-state index contributed by atoms with van der Waals surface area (Å²) in [5, 5.41) is 27.3. The van der Waals surface area contributed by atoms with Crippen molar-refractivity contribution in [3.8, 4) is 0 Å². The normalized spacial score (nSPS) is 10.3. The van der Waals surface area contributed by atoms with Crippen molar-refractivity contribution in [2.24, 2.45) is 0 Å². The summed E-state index contributed by atoms with van der Waals surface area (Å²) in [6, 6.07) is 0. The molecule has 52 valence electrons. The van der Waals surface area contributed by atoms with E-state index >= 15 is 0 Å². The van der Waals surface area contributed by atoms with Crippen LogP contribution in [0.25, 0.3) is 0 Å². The van der Waals surface area contributed by atoms with E-state index in [1.165, 1.54) is 0 Å². The number of aliphatic carboxylic acids is 2. The van der Waals surface area contributed by atoms with Gasteiger partial charge in [0.15, 0.2) is 0 Å². The number of hydrogen-bond donors (Lipinski definition) is 1. The van der Waals surface area contributed by atoms with Crippen molar-refractivity contribution < 1.29 is 24.9 Å². The molecule has 0 aromatic carbocycles. The van der Waals surface area contributed by atoms with Crippen LogP contribution in [-0.4, -0.2) is 69.3 Å². The number of hydrogen-bond acceptors (Lipinski definition) is 5. The van der Waals surface area contributed by atoms with Gasteiger partial charge in [-0.1, -0.05) is 0 Å². The van der Waals surface area contributed by atoms with Crippen LogP contribution < -0.4 is 10.2 Å². The predicted octanol–water partition coefficient (Wildman–Crippen LogP) is -4.52. The summed E-state index contributed by atoms with van der Waals surface area (Å²) in [7, 11) is 0. The Kier molecular flexibility index (Phi) is 13.6. The molecule has 1 atom stereocenters.